The zero-order valence-corrected chi connectivity index (χ0v) is 17.9. The summed E-state index contributed by atoms with van der Waals surface area (Å²) < 4.78 is 5.25. The van der Waals surface area contributed by atoms with Crippen LogP contribution in [0.1, 0.15) is 54.9 Å². The molecule has 9 nitrogen and oxygen atoms in total. The number of ether oxygens (including phenoxy) is 1. The summed E-state index contributed by atoms with van der Waals surface area (Å²) in [5.74, 6) is -1.12. The number of fused-ring (bicyclic) bond motifs is 1. The van der Waals surface area contributed by atoms with Crippen LogP contribution in [-0.4, -0.2) is 60.9 Å². The third-order valence-corrected chi connectivity index (χ3v) is 5.49. The molecule has 4 amide bonds. The minimum absolute atomic E-state index is 0.102. The number of anilines is 1. The van der Waals surface area contributed by atoms with E-state index in [1.807, 2.05) is 6.92 Å². The Hall–Kier alpha value is -2.78. The summed E-state index contributed by atoms with van der Waals surface area (Å²) in [6.45, 7) is 5.22. The lowest BCUT2D eigenvalue weighted by atomic mass is 10.0. The fourth-order valence-electron chi connectivity index (χ4n) is 3.86. The van der Waals surface area contributed by atoms with E-state index in [2.05, 4.69) is 16.0 Å². The number of rotatable bonds is 11. The summed E-state index contributed by atoms with van der Waals surface area (Å²) in [5, 5.41) is 8.48. The molecule has 2 heterocycles. The van der Waals surface area contributed by atoms with Crippen LogP contribution in [0.15, 0.2) is 18.2 Å². The SMILES string of the molecule is CCOCCNCCCCC(=O)Nc1cccc2c1CN(C1CCC(=O)NC1=O)C2=O. The van der Waals surface area contributed by atoms with Gasteiger partial charge in [-0.2, -0.15) is 0 Å². The number of unbranched alkanes of at least 4 members (excludes halogenated alkanes) is 1. The lowest BCUT2D eigenvalue weighted by molar-refractivity contribution is -0.137. The Labute approximate surface area is 181 Å². The number of hydrogen-bond donors (Lipinski definition) is 3. The predicted molar refractivity (Wildman–Crippen MR) is 114 cm³/mol. The van der Waals surface area contributed by atoms with Crippen LogP contribution in [0.2, 0.25) is 0 Å². The van der Waals surface area contributed by atoms with E-state index in [9.17, 15) is 19.2 Å². The number of hydrogen-bond acceptors (Lipinski definition) is 6. The summed E-state index contributed by atoms with van der Waals surface area (Å²) in [5.41, 5.74) is 1.80. The Morgan fingerprint density at radius 2 is 2.06 bits per heavy atom. The normalized spacial score (nSPS) is 18.2. The van der Waals surface area contributed by atoms with Crippen LogP contribution in [0.25, 0.3) is 0 Å². The van der Waals surface area contributed by atoms with Gasteiger partial charge in [0.2, 0.25) is 17.7 Å². The molecule has 168 valence electrons. The minimum Gasteiger partial charge on any atom is -0.380 e. The third-order valence-electron chi connectivity index (χ3n) is 5.49. The predicted octanol–water partition coefficient (Wildman–Crippen LogP) is 1.18. The second kappa shape index (κ2) is 11.0. The number of carbonyl (C=O) groups excluding carboxylic acids is 4. The van der Waals surface area contributed by atoms with Crippen molar-refractivity contribution in [2.24, 2.45) is 0 Å². The molecule has 1 fully saturated rings. The van der Waals surface area contributed by atoms with Crippen molar-refractivity contribution in [1.82, 2.24) is 15.5 Å². The van der Waals surface area contributed by atoms with Gasteiger partial charge in [0.1, 0.15) is 6.04 Å². The summed E-state index contributed by atoms with van der Waals surface area (Å²) in [6, 6.07) is 4.53. The Morgan fingerprint density at radius 3 is 2.84 bits per heavy atom. The van der Waals surface area contributed by atoms with Crippen LogP contribution < -0.4 is 16.0 Å². The highest BCUT2D eigenvalue weighted by Crippen LogP contribution is 2.32. The molecule has 1 saturated heterocycles. The highest BCUT2D eigenvalue weighted by Gasteiger charge is 2.39. The molecule has 0 aliphatic carbocycles. The first-order valence-corrected chi connectivity index (χ1v) is 10.9. The number of carbonyl (C=O) groups is 4. The van der Waals surface area contributed by atoms with Crippen molar-refractivity contribution in [2.75, 3.05) is 31.6 Å². The van der Waals surface area contributed by atoms with E-state index in [4.69, 9.17) is 4.74 Å². The topological polar surface area (TPSA) is 117 Å². The van der Waals surface area contributed by atoms with Gasteiger partial charge in [-0.1, -0.05) is 6.07 Å². The zero-order chi connectivity index (χ0) is 22.2. The van der Waals surface area contributed by atoms with Gasteiger partial charge in [-0.25, -0.2) is 0 Å². The lowest BCUT2D eigenvalue weighted by Gasteiger charge is -2.29. The smallest absolute Gasteiger partial charge is 0.255 e. The molecule has 1 aromatic carbocycles. The molecule has 0 saturated carbocycles. The number of benzene rings is 1. The number of amides is 4. The number of nitrogens with one attached hydrogen (secondary N) is 3. The van der Waals surface area contributed by atoms with Crippen molar-refractivity contribution in [3.8, 4) is 0 Å². The molecule has 3 rings (SSSR count). The van der Waals surface area contributed by atoms with Crippen molar-refractivity contribution in [3.05, 3.63) is 29.3 Å². The molecule has 1 atom stereocenters. The van der Waals surface area contributed by atoms with Crippen LogP contribution in [0.5, 0.6) is 0 Å². The molecule has 31 heavy (non-hydrogen) atoms. The van der Waals surface area contributed by atoms with Gasteiger partial charge in [0, 0.05) is 49.4 Å². The average Bonchev–Trinajstić information content (AvgIpc) is 3.07. The first-order valence-electron chi connectivity index (χ1n) is 10.9. The van der Waals surface area contributed by atoms with Crippen molar-refractivity contribution in [1.29, 1.82) is 0 Å². The maximum atomic E-state index is 12.8. The standard InChI is InChI=1S/C22H30N4O5/c1-2-31-13-12-23-11-4-3-8-19(27)24-17-7-5-6-15-16(17)14-26(22(15)30)18-9-10-20(28)25-21(18)29/h5-7,18,23H,2-4,8-14H2,1H3,(H,24,27)(H,25,28,29). The first-order chi connectivity index (χ1) is 15.0. The molecule has 1 unspecified atom stereocenters. The van der Waals surface area contributed by atoms with Gasteiger partial charge in [-0.3, -0.25) is 24.5 Å². The fourth-order valence-corrected chi connectivity index (χ4v) is 3.86. The molecular weight excluding hydrogens is 400 g/mol. The molecule has 0 bridgehead atoms. The number of imide groups is 1. The molecule has 1 aromatic rings. The van der Waals surface area contributed by atoms with Gasteiger partial charge < -0.3 is 20.3 Å². The van der Waals surface area contributed by atoms with Gasteiger partial charge >= 0.3 is 0 Å². The maximum absolute atomic E-state index is 12.8. The van der Waals surface area contributed by atoms with Gasteiger partial charge in [-0.15, -0.1) is 0 Å². The quantitative estimate of drug-likeness (QED) is 0.359. The van der Waals surface area contributed by atoms with Crippen LogP contribution in [-0.2, 0) is 25.7 Å². The van der Waals surface area contributed by atoms with Crippen LogP contribution in [0.3, 0.4) is 0 Å². The molecule has 3 N–H and O–H groups in total. The monoisotopic (exact) mass is 430 g/mol. The highest BCUT2D eigenvalue weighted by molar-refractivity contribution is 6.06. The largest absolute Gasteiger partial charge is 0.380 e. The molecule has 2 aliphatic rings. The van der Waals surface area contributed by atoms with Gasteiger partial charge in [0.25, 0.3) is 5.91 Å². The van der Waals surface area contributed by atoms with Gasteiger partial charge in [0.05, 0.1) is 6.61 Å². The molecular formula is C22H30N4O5. The molecule has 2 aliphatic heterocycles. The Kier molecular flexibility index (Phi) is 8.13. The first kappa shape index (κ1) is 22.9. The van der Waals surface area contributed by atoms with E-state index in [-0.39, 0.29) is 30.7 Å². The lowest BCUT2D eigenvalue weighted by Crippen LogP contribution is -2.52. The zero-order valence-electron chi connectivity index (χ0n) is 17.9. The Balaban J connectivity index is 1.50. The van der Waals surface area contributed by atoms with Gasteiger partial charge in [-0.05, 0) is 44.9 Å². The van der Waals surface area contributed by atoms with E-state index < -0.39 is 11.9 Å². The van der Waals surface area contributed by atoms with E-state index in [1.54, 1.807) is 18.2 Å². The molecule has 9 heteroatoms. The van der Waals surface area contributed by atoms with Crippen molar-refractivity contribution in [2.45, 2.75) is 51.6 Å². The number of piperidine rings is 1. The molecule has 0 spiro atoms. The second-order valence-electron chi connectivity index (χ2n) is 7.68. The van der Waals surface area contributed by atoms with Crippen molar-refractivity contribution < 1.29 is 23.9 Å². The Bertz CT molecular complexity index is 841. The van der Waals surface area contributed by atoms with E-state index in [0.29, 0.717) is 42.9 Å². The summed E-state index contributed by atoms with van der Waals surface area (Å²) in [7, 11) is 0. The molecule has 0 radical (unpaired) electrons. The van der Waals surface area contributed by atoms with E-state index >= 15 is 0 Å². The van der Waals surface area contributed by atoms with E-state index in [1.165, 1.54) is 4.90 Å². The van der Waals surface area contributed by atoms with Gasteiger partial charge in [0.15, 0.2) is 0 Å². The van der Waals surface area contributed by atoms with Crippen LogP contribution in [0.4, 0.5) is 5.69 Å². The van der Waals surface area contributed by atoms with Crippen molar-refractivity contribution in [3.63, 3.8) is 0 Å². The Morgan fingerprint density at radius 1 is 1.23 bits per heavy atom. The third kappa shape index (κ3) is 5.89. The number of nitrogens with zero attached hydrogens (tertiary/aromatic N) is 1. The van der Waals surface area contributed by atoms with Crippen LogP contribution >= 0.6 is 0 Å². The second-order valence-corrected chi connectivity index (χ2v) is 7.68. The average molecular weight is 431 g/mol. The minimum atomic E-state index is -0.670. The van der Waals surface area contributed by atoms with Crippen LogP contribution in [0, 0.1) is 0 Å². The van der Waals surface area contributed by atoms with E-state index in [0.717, 1.165) is 25.9 Å². The maximum Gasteiger partial charge on any atom is 0.255 e. The van der Waals surface area contributed by atoms with Crippen molar-refractivity contribution >= 4 is 29.3 Å². The summed E-state index contributed by atoms with van der Waals surface area (Å²) >= 11 is 0. The fraction of sp³-hybridized carbons (Fsp3) is 0.545. The summed E-state index contributed by atoms with van der Waals surface area (Å²) in [6.07, 6.45) is 2.55. The highest BCUT2D eigenvalue weighted by atomic mass is 16.5. The molecule has 0 aromatic heterocycles. The summed E-state index contributed by atoms with van der Waals surface area (Å²) in [4.78, 5) is 50.3.